The number of ketones is 1. The molecule has 0 fully saturated rings. The first kappa shape index (κ1) is 14.5. The average Bonchev–Trinajstić information content (AvgIpc) is 2.86. The van der Waals surface area contributed by atoms with Crippen LogP contribution in [0.25, 0.3) is 0 Å². The number of aromatic nitrogens is 1. The number of aryl methyl sites for hydroxylation is 1. The van der Waals surface area contributed by atoms with Gasteiger partial charge in [-0.15, -0.1) is 0 Å². The highest BCUT2D eigenvalue weighted by Gasteiger charge is 2.07. The Morgan fingerprint density at radius 3 is 2.50 bits per heavy atom. The number of Topliss-reactive ketones (excluding diaryl/α,β-unsaturated/α-hetero) is 1. The lowest BCUT2D eigenvalue weighted by Gasteiger charge is -2.14. The summed E-state index contributed by atoms with van der Waals surface area (Å²) in [5, 5.41) is 3.99. The summed E-state index contributed by atoms with van der Waals surface area (Å²) < 4.78 is 5.28. The lowest BCUT2D eigenvalue weighted by molar-refractivity contribution is 0.101. The first-order chi connectivity index (χ1) is 9.58. The summed E-state index contributed by atoms with van der Waals surface area (Å²) in [5.41, 5.74) is 2.91. The van der Waals surface area contributed by atoms with Gasteiger partial charge in [0, 0.05) is 18.2 Å². The molecule has 0 aliphatic carbocycles. The molecule has 0 aliphatic rings. The Balaban J connectivity index is 1.93. The van der Waals surface area contributed by atoms with Crippen molar-refractivity contribution in [3.05, 3.63) is 52.9 Å². The minimum absolute atomic E-state index is 0.0960. The maximum absolute atomic E-state index is 11.2. The van der Waals surface area contributed by atoms with Gasteiger partial charge in [-0.2, -0.15) is 0 Å². The van der Waals surface area contributed by atoms with Crippen LogP contribution < -0.4 is 0 Å². The molecule has 4 heteroatoms. The van der Waals surface area contributed by atoms with E-state index in [4.69, 9.17) is 4.52 Å². The van der Waals surface area contributed by atoms with Crippen LogP contribution in [-0.2, 0) is 19.5 Å². The standard InChI is InChI=1S/C16H20N2O2/c1-4-15-9-16(20-17-15)11-18(3)10-13-5-7-14(8-6-13)12(2)19/h5-9H,4,10-11H2,1-3H3. The van der Waals surface area contributed by atoms with Crippen LogP contribution in [0.15, 0.2) is 34.9 Å². The molecular weight excluding hydrogens is 252 g/mol. The molecule has 1 aromatic heterocycles. The number of carbonyl (C=O) groups excluding carboxylic acids is 1. The van der Waals surface area contributed by atoms with Gasteiger partial charge in [-0.25, -0.2) is 0 Å². The molecule has 1 aromatic carbocycles. The minimum atomic E-state index is 0.0960. The third-order valence-corrected chi connectivity index (χ3v) is 3.21. The van der Waals surface area contributed by atoms with E-state index in [-0.39, 0.29) is 5.78 Å². The number of hydrogen-bond acceptors (Lipinski definition) is 4. The summed E-state index contributed by atoms with van der Waals surface area (Å²) in [6, 6.07) is 9.72. The highest BCUT2D eigenvalue weighted by Crippen LogP contribution is 2.11. The first-order valence-electron chi connectivity index (χ1n) is 6.81. The average molecular weight is 272 g/mol. The van der Waals surface area contributed by atoms with Gasteiger partial charge in [-0.1, -0.05) is 36.3 Å². The predicted octanol–water partition coefficient (Wildman–Crippen LogP) is 3.07. The molecule has 0 saturated carbocycles. The zero-order chi connectivity index (χ0) is 14.5. The summed E-state index contributed by atoms with van der Waals surface area (Å²) in [7, 11) is 2.03. The predicted molar refractivity (Wildman–Crippen MR) is 77.5 cm³/mol. The molecule has 0 saturated heterocycles. The maximum Gasteiger partial charge on any atom is 0.159 e. The summed E-state index contributed by atoms with van der Waals surface area (Å²) in [4.78, 5) is 13.4. The Morgan fingerprint density at radius 2 is 1.95 bits per heavy atom. The van der Waals surface area contributed by atoms with E-state index in [0.29, 0.717) is 0 Å². The maximum atomic E-state index is 11.2. The van der Waals surface area contributed by atoms with Gasteiger partial charge in [0.25, 0.3) is 0 Å². The van der Waals surface area contributed by atoms with Crippen LogP contribution in [0.3, 0.4) is 0 Å². The van der Waals surface area contributed by atoms with Gasteiger partial charge in [0.15, 0.2) is 11.5 Å². The van der Waals surface area contributed by atoms with Gasteiger partial charge in [0.1, 0.15) is 0 Å². The Morgan fingerprint density at radius 1 is 1.25 bits per heavy atom. The Kier molecular flexibility index (Phi) is 4.69. The number of hydrogen-bond donors (Lipinski definition) is 0. The van der Waals surface area contributed by atoms with Crippen molar-refractivity contribution >= 4 is 5.78 Å². The van der Waals surface area contributed by atoms with Crippen molar-refractivity contribution in [2.24, 2.45) is 0 Å². The molecule has 0 unspecified atom stereocenters. The first-order valence-corrected chi connectivity index (χ1v) is 6.81. The minimum Gasteiger partial charge on any atom is -0.360 e. The SMILES string of the molecule is CCc1cc(CN(C)Cc2ccc(C(C)=O)cc2)on1. The van der Waals surface area contributed by atoms with E-state index in [1.165, 1.54) is 5.56 Å². The van der Waals surface area contributed by atoms with Gasteiger partial charge in [0.05, 0.1) is 12.2 Å². The second kappa shape index (κ2) is 6.48. The smallest absolute Gasteiger partial charge is 0.159 e. The number of rotatable bonds is 6. The number of carbonyl (C=O) groups is 1. The Labute approximate surface area is 119 Å². The molecule has 0 amide bonds. The fraction of sp³-hybridized carbons (Fsp3) is 0.375. The van der Waals surface area contributed by atoms with Crippen LogP contribution in [0.1, 0.15) is 41.2 Å². The third kappa shape index (κ3) is 3.78. The van der Waals surface area contributed by atoms with Crippen molar-refractivity contribution in [2.75, 3.05) is 7.05 Å². The van der Waals surface area contributed by atoms with E-state index >= 15 is 0 Å². The van der Waals surface area contributed by atoms with Crippen LogP contribution in [-0.4, -0.2) is 22.9 Å². The second-order valence-electron chi connectivity index (χ2n) is 5.06. The second-order valence-corrected chi connectivity index (χ2v) is 5.06. The van der Waals surface area contributed by atoms with Crippen LogP contribution >= 0.6 is 0 Å². The number of benzene rings is 1. The summed E-state index contributed by atoms with van der Waals surface area (Å²) in [6.07, 6.45) is 0.889. The molecule has 0 bridgehead atoms. The highest BCUT2D eigenvalue weighted by atomic mass is 16.5. The highest BCUT2D eigenvalue weighted by molar-refractivity contribution is 5.93. The van der Waals surface area contributed by atoms with Crippen molar-refractivity contribution in [1.82, 2.24) is 10.1 Å². The van der Waals surface area contributed by atoms with E-state index in [9.17, 15) is 4.79 Å². The molecule has 0 radical (unpaired) electrons. The fourth-order valence-electron chi connectivity index (χ4n) is 2.08. The summed E-state index contributed by atoms with van der Waals surface area (Å²) in [6.45, 7) is 5.17. The molecule has 0 atom stereocenters. The van der Waals surface area contributed by atoms with Gasteiger partial charge in [0.2, 0.25) is 0 Å². The van der Waals surface area contributed by atoms with Crippen LogP contribution in [0.2, 0.25) is 0 Å². The molecule has 106 valence electrons. The summed E-state index contributed by atoms with van der Waals surface area (Å²) >= 11 is 0. The normalized spacial score (nSPS) is 11.0. The van der Waals surface area contributed by atoms with Crippen LogP contribution in [0.4, 0.5) is 0 Å². The van der Waals surface area contributed by atoms with E-state index < -0.39 is 0 Å². The van der Waals surface area contributed by atoms with Crippen molar-refractivity contribution in [3.63, 3.8) is 0 Å². The zero-order valence-electron chi connectivity index (χ0n) is 12.2. The van der Waals surface area contributed by atoms with Crippen LogP contribution in [0.5, 0.6) is 0 Å². The molecule has 0 spiro atoms. The molecule has 0 aliphatic heterocycles. The monoisotopic (exact) mass is 272 g/mol. The molecule has 0 N–H and O–H groups in total. The quantitative estimate of drug-likeness (QED) is 0.758. The van der Waals surface area contributed by atoms with E-state index in [2.05, 4.69) is 17.0 Å². The third-order valence-electron chi connectivity index (χ3n) is 3.21. The molecule has 20 heavy (non-hydrogen) atoms. The Hall–Kier alpha value is -1.94. The largest absolute Gasteiger partial charge is 0.360 e. The van der Waals surface area contributed by atoms with Gasteiger partial charge in [-0.05, 0) is 26.0 Å². The number of nitrogens with zero attached hydrogens (tertiary/aromatic N) is 2. The van der Waals surface area contributed by atoms with E-state index in [1.54, 1.807) is 6.92 Å². The lowest BCUT2D eigenvalue weighted by Crippen LogP contribution is -2.16. The van der Waals surface area contributed by atoms with E-state index in [1.807, 2.05) is 37.4 Å². The molecule has 2 rings (SSSR count). The van der Waals surface area contributed by atoms with Crippen molar-refractivity contribution in [1.29, 1.82) is 0 Å². The van der Waals surface area contributed by atoms with Gasteiger partial charge >= 0.3 is 0 Å². The topological polar surface area (TPSA) is 46.3 Å². The molecule has 1 heterocycles. The van der Waals surface area contributed by atoms with Crippen molar-refractivity contribution in [2.45, 2.75) is 33.4 Å². The van der Waals surface area contributed by atoms with Gasteiger partial charge < -0.3 is 4.52 Å². The van der Waals surface area contributed by atoms with Crippen molar-refractivity contribution in [3.8, 4) is 0 Å². The van der Waals surface area contributed by atoms with Crippen molar-refractivity contribution < 1.29 is 9.32 Å². The zero-order valence-corrected chi connectivity index (χ0v) is 12.2. The summed E-state index contributed by atoms with van der Waals surface area (Å²) in [5.74, 6) is 0.975. The molecular formula is C16H20N2O2. The molecule has 4 nitrogen and oxygen atoms in total. The van der Waals surface area contributed by atoms with Gasteiger partial charge in [-0.3, -0.25) is 9.69 Å². The fourth-order valence-corrected chi connectivity index (χ4v) is 2.08. The Bertz CT molecular complexity index is 572. The molecule has 2 aromatic rings. The van der Waals surface area contributed by atoms with E-state index in [0.717, 1.165) is 36.5 Å². The lowest BCUT2D eigenvalue weighted by atomic mass is 10.1. The van der Waals surface area contributed by atoms with Crippen LogP contribution in [0, 0.1) is 0 Å².